The van der Waals surface area contributed by atoms with Gasteiger partial charge in [0.1, 0.15) is 6.33 Å². The lowest BCUT2D eigenvalue weighted by atomic mass is 9.98. The minimum Gasteiger partial charge on any atom is -0.481 e. The van der Waals surface area contributed by atoms with Gasteiger partial charge in [-0.25, -0.2) is 9.97 Å². The first kappa shape index (κ1) is 15.4. The van der Waals surface area contributed by atoms with E-state index >= 15 is 0 Å². The van der Waals surface area contributed by atoms with Gasteiger partial charge in [-0.15, -0.1) is 0 Å². The molecule has 2 rings (SSSR count). The largest absolute Gasteiger partial charge is 0.481 e. The molecule has 1 unspecified atom stereocenters. The zero-order valence-corrected chi connectivity index (χ0v) is 13.2. The predicted molar refractivity (Wildman–Crippen MR) is 84.6 cm³/mol. The van der Waals surface area contributed by atoms with Crippen LogP contribution < -0.4 is 10.1 Å². The van der Waals surface area contributed by atoms with Crippen molar-refractivity contribution in [1.29, 1.82) is 0 Å². The number of aromatic nitrogens is 2. The second kappa shape index (κ2) is 7.18. The van der Waals surface area contributed by atoms with Crippen molar-refractivity contribution in [3.05, 3.63) is 53.0 Å². The molecule has 112 valence electrons. The second-order valence-electron chi connectivity index (χ2n) is 5.22. The van der Waals surface area contributed by atoms with E-state index in [4.69, 9.17) is 4.74 Å². The highest BCUT2D eigenvalue weighted by Crippen LogP contribution is 2.24. The lowest BCUT2D eigenvalue weighted by Gasteiger charge is -2.19. The van der Waals surface area contributed by atoms with Crippen LogP contribution in [0.25, 0.3) is 0 Å². The maximum atomic E-state index is 5.21. The number of hydrogen-bond acceptors (Lipinski definition) is 4. The number of ether oxygens (including phenoxy) is 1. The number of methoxy groups -OCH3 is 1. The molecule has 1 aromatic carbocycles. The molecule has 0 aliphatic carbocycles. The predicted octanol–water partition coefficient (Wildman–Crippen LogP) is 3.19. The van der Waals surface area contributed by atoms with Crippen LogP contribution in [0, 0.1) is 13.8 Å². The minimum atomic E-state index is 0.0566. The smallest absolute Gasteiger partial charge is 0.216 e. The van der Waals surface area contributed by atoms with Crippen molar-refractivity contribution >= 4 is 0 Å². The van der Waals surface area contributed by atoms with Gasteiger partial charge in [0.2, 0.25) is 5.88 Å². The molecule has 0 bridgehead atoms. The van der Waals surface area contributed by atoms with E-state index in [-0.39, 0.29) is 6.04 Å². The van der Waals surface area contributed by atoms with E-state index in [1.54, 1.807) is 13.4 Å². The summed E-state index contributed by atoms with van der Waals surface area (Å²) >= 11 is 0. The van der Waals surface area contributed by atoms with Crippen molar-refractivity contribution in [3.63, 3.8) is 0 Å². The molecule has 0 spiro atoms. The van der Waals surface area contributed by atoms with Gasteiger partial charge in [0.25, 0.3) is 0 Å². The summed E-state index contributed by atoms with van der Waals surface area (Å²) in [6.45, 7) is 7.35. The first-order chi connectivity index (χ1) is 10.2. The Morgan fingerprint density at radius 2 is 1.95 bits per heavy atom. The average molecular weight is 285 g/mol. The van der Waals surface area contributed by atoms with Gasteiger partial charge in [-0.2, -0.15) is 0 Å². The quantitative estimate of drug-likeness (QED) is 0.885. The normalized spacial score (nSPS) is 12.2. The molecule has 0 aliphatic heterocycles. The van der Waals surface area contributed by atoms with Crippen molar-refractivity contribution in [1.82, 2.24) is 15.3 Å². The second-order valence-corrected chi connectivity index (χ2v) is 5.22. The summed E-state index contributed by atoms with van der Waals surface area (Å²) < 4.78 is 5.21. The zero-order valence-electron chi connectivity index (χ0n) is 13.2. The van der Waals surface area contributed by atoms with Gasteiger partial charge in [-0.05, 0) is 43.5 Å². The highest BCUT2D eigenvalue weighted by atomic mass is 16.5. The Morgan fingerprint density at radius 3 is 2.62 bits per heavy atom. The van der Waals surface area contributed by atoms with Gasteiger partial charge in [0.05, 0.1) is 18.8 Å². The zero-order chi connectivity index (χ0) is 15.2. The topological polar surface area (TPSA) is 47.0 Å². The lowest BCUT2D eigenvalue weighted by molar-refractivity contribution is 0.394. The SMILES string of the molecule is CCCNC(c1ccc(C)c(C)c1)c1cc(OC)ncn1. The van der Waals surface area contributed by atoms with Crippen molar-refractivity contribution in [2.75, 3.05) is 13.7 Å². The van der Waals surface area contributed by atoms with Crippen LogP contribution in [0.5, 0.6) is 5.88 Å². The third-order valence-electron chi connectivity index (χ3n) is 3.63. The molecule has 0 aliphatic rings. The average Bonchev–Trinajstić information content (AvgIpc) is 2.51. The molecule has 1 aromatic heterocycles. The fourth-order valence-electron chi connectivity index (χ4n) is 2.25. The Morgan fingerprint density at radius 1 is 1.14 bits per heavy atom. The summed E-state index contributed by atoms with van der Waals surface area (Å²) in [7, 11) is 1.62. The fourth-order valence-corrected chi connectivity index (χ4v) is 2.25. The number of nitrogens with one attached hydrogen (secondary N) is 1. The van der Waals surface area contributed by atoms with Gasteiger partial charge in [0, 0.05) is 6.07 Å². The molecule has 1 N–H and O–H groups in total. The summed E-state index contributed by atoms with van der Waals surface area (Å²) in [5.74, 6) is 0.590. The van der Waals surface area contributed by atoms with E-state index in [1.165, 1.54) is 16.7 Å². The number of rotatable bonds is 6. The summed E-state index contributed by atoms with van der Waals surface area (Å²) in [5, 5.41) is 3.55. The van der Waals surface area contributed by atoms with E-state index in [1.807, 2.05) is 6.07 Å². The van der Waals surface area contributed by atoms with Gasteiger partial charge in [0.15, 0.2) is 0 Å². The molecule has 4 heteroatoms. The molecule has 0 saturated carbocycles. The Kier molecular flexibility index (Phi) is 5.28. The van der Waals surface area contributed by atoms with Gasteiger partial charge in [-0.3, -0.25) is 0 Å². The van der Waals surface area contributed by atoms with Crippen LogP contribution in [0.3, 0.4) is 0 Å². The van der Waals surface area contributed by atoms with E-state index in [9.17, 15) is 0 Å². The third-order valence-corrected chi connectivity index (χ3v) is 3.63. The summed E-state index contributed by atoms with van der Waals surface area (Å²) in [5.41, 5.74) is 4.73. The number of nitrogens with zero attached hydrogens (tertiary/aromatic N) is 2. The van der Waals surface area contributed by atoms with Crippen LogP contribution in [0.1, 0.15) is 41.8 Å². The summed E-state index contributed by atoms with van der Waals surface area (Å²) in [6, 6.07) is 8.48. The third kappa shape index (κ3) is 3.79. The molecule has 0 saturated heterocycles. The number of aryl methyl sites for hydroxylation is 2. The lowest BCUT2D eigenvalue weighted by Crippen LogP contribution is -2.24. The fraction of sp³-hybridized carbons (Fsp3) is 0.412. The van der Waals surface area contributed by atoms with Crippen LogP contribution in [-0.4, -0.2) is 23.6 Å². The standard InChI is InChI=1S/C17H23N3O/c1-5-8-18-17(14-7-6-12(2)13(3)9-14)15-10-16(21-4)20-11-19-15/h6-7,9-11,17-18H,5,8H2,1-4H3. The Labute approximate surface area is 126 Å². The molecule has 21 heavy (non-hydrogen) atoms. The molecule has 0 radical (unpaired) electrons. The van der Waals surface area contributed by atoms with E-state index in [2.05, 4.69) is 54.3 Å². The monoisotopic (exact) mass is 285 g/mol. The van der Waals surface area contributed by atoms with Crippen LogP contribution in [0.15, 0.2) is 30.6 Å². The molecule has 1 heterocycles. The van der Waals surface area contributed by atoms with E-state index in [0.717, 1.165) is 18.7 Å². The van der Waals surface area contributed by atoms with Crippen molar-refractivity contribution in [2.24, 2.45) is 0 Å². The summed E-state index contributed by atoms with van der Waals surface area (Å²) in [6.07, 6.45) is 2.62. The molecular formula is C17H23N3O. The Hall–Kier alpha value is -1.94. The number of hydrogen-bond donors (Lipinski definition) is 1. The van der Waals surface area contributed by atoms with Gasteiger partial charge >= 0.3 is 0 Å². The maximum absolute atomic E-state index is 5.21. The van der Waals surface area contributed by atoms with Crippen LogP contribution >= 0.6 is 0 Å². The molecule has 4 nitrogen and oxygen atoms in total. The molecule has 2 aromatic rings. The van der Waals surface area contributed by atoms with E-state index in [0.29, 0.717) is 5.88 Å². The van der Waals surface area contributed by atoms with Crippen LogP contribution in [0.4, 0.5) is 0 Å². The van der Waals surface area contributed by atoms with Crippen molar-refractivity contribution in [3.8, 4) is 5.88 Å². The first-order valence-corrected chi connectivity index (χ1v) is 7.32. The molecule has 0 fully saturated rings. The highest BCUT2D eigenvalue weighted by molar-refractivity contribution is 5.36. The van der Waals surface area contributed by atoms with Crippen LogP contribution in [0.2, 0.25) is 0 Å². The molecular weight excluding hydrogens is 262 g/mol. The van der Waals surface area contributed by atoms with Crippen molar-refractivity contribution < 1.29 is 4.74 Å². The summed E-state index contributed by atoms with van der Waals surface area (Å²) in [4.78, 5) is 8.50. The Bertz CT molecular complexity index is 598. The van der Waals surface area contributed by atoms with Gasteiger partial charge < -0.3 is 10.1 Å². The molecule has 0 amide bonds. The Balaban J connectivity index is 2.38. The van der Waals surface area contributed by atoms with Gasteiger partial charge in [-0.1, -0.05) is 25.1 Å². The first-order valence-electron chi connectivity index (χ1n) is 7.32. The maximum Gasteiger partial charge on any atom is 0.216 e. The van der Waals surface area contributed by atoms with E-state index < -0.39 is 0 Å². The van der Waals surface area contributed by atoms with Crippen molar-refractivity contribution in [2.45, 2.75) is 33.2 Å². The molecule has 1 atom stereocenters. The number of benzene rings is 1. The highest BCUT2D eigenvalue weighted by Gasteiger charge is 2.16. The minimum absolute atomic E-state index is 0.0566. The van der Waals surface area contributed by atoms with Crippen LogP contribution in [-0.2, 0) is 0 Å².